The van der Waals surface area contributed by atoms with Crippen molar-refractivity contribution in [3.05, 3.63) is 78.4 Å². The molecule has 1 aliphatic rings. The molecular weight excluding hydrogens is 585 g/mol. The summed E-state index contributed by atoms with van der Waals surface area (Å²) in [5, 5.41) is 0. The predicted octanol–water partition coefficient (Wildman–Crippen LogP) is 5.61. The lowest BCUT2D eigenvalue weighted by molar-refractivity contribution is -0.137. The van der Waals surface area contributed by atoms with Crippen LogP contribution in [0.1, 0.15) is 38.3 Å². The van der Waals surface area contributed by atoms with E-state index in [-0.39, 0.29) is 49.0 Å². The number of pyridine rings is 2. The Bertz CT molecular complexity index is 1250. The van der Waals surface area contributed by atoms with Gasteiger partial charge in [0, 0.05) is 64.1 Å². The number of ether oxygens (including phenoxy) is 1. The molecule has 0 atom stereocenters. The monoisotopic (exact) mass is 623 g/mol. The van der Waals surface area contributed by atoms with Crippen LogP contribution in [-0.2, 0) is 22.6 Å². The fourth-order valence-corrected chi connectivity index (χ4v) is 4.80. The molecule has 3 aromatic rings. The van der Waals surface area contributed by atoms with E-state index in [9.17, 15) is 9.59 Å². The minimum absolute atomic E-state index is 0. The Balaban J connectivity index is 0.00000280. The average molecular weight is 625 g/mol. The summed E-state index contributed by atoms with van der Waals surface area (Å²) < 4.78 is 6.13. The molecule has 0 saturated heterocycles. The average Bonchev–Trinajstić information content (AvgIpc) is 2.99. The van der Waals surface area contributed by atoms with Gasteiger partial charge in [-0.25, -0.2) is 0 Å². The second-order valence-electron chi connectivity index (χ2n) is 10.1. The summed E-state index contributed by atoms with van der Waals surface area (Å²) in [4.78, 5) is 40.2. The van der Waals surface area contributed by atoms with E-state index in [4.69, 9.17) is 4.74 Å². The van der Waals surface area contributed by atoms with Crippen LogP contribution >= 0.6 is 37.2 Å². The zero-order chi connectivity index (χ0) is 27.1. The predicted molar refractivity (Wildman–Crippen MR) is 171 cm³/mol. The van der Waals surface area contributed by atoms with Crippen molar-refractivity contribution in [3.8, 4) is 5.75 Å². The summed E-state index contributed by atoms with van der Waals surface area (Å²) in [6.07, 6.45) is 9.14. The quantitative estimate of drug-likeness (QED) is 0.204. The molecule has 1 aromatic carbocycles. The number of amides is 2. The van der Waals surface area contributed by atoms with Gasteiger partial charge < -0.3 is 14.5 Å². The highest BCUT2D eigenvalue weighted by atomic mass is 35.5. The molecule has 0 N–H and O–H groups in total. The van der Waals surface area contributed by atoms with Gasteiger partial charge in [0.1, 0.15) is 11.2 Å². The van der Waals surface area contributed by atoms with Crippen LogP contribution in [0.25, 0.3) is 0 Å². The van der Waals surface area contributed by atoms with Crippen LogP contribution in [0.4, 0.5) is 11.4 Å². The number of nitrogens with zero attached hydrogens (tertiary/aromatic N) is 5. The number of halogens is 3. The summed E-state index contributed by atoms with van der Waals surface area (Å²) in [6.45, 7) is 8.93. The van der Waals surface area contributed by atoms with Crippen LogP contribution in [0.3, 0.4) is 0 Å². The maximum Gasteiger partial charge on any atom is 0.242 e. The lowest BCUT2D eigenvalue weighted by Gasteiger charge is -2.27. The molecule has 0 bridgehead atoms. The Hall–Kier alpha value is -2.91. The number of carbonyl (C=O) groups excluding carboxylic acids is 2. The molecular formula is C30H40Cl3N5O3. The number of anilines is 2. The van der Waals surface area contributed by atoms with Gasteiger partial charge in [-0.3, -0.25) is 24.5 Å². The zero-order valence-corrected chi connectivity index (χ0v) is 26.4. The van der Waals surface area contributed by atoms with Crippen molar-refractivity contribution in [2.24, 2.45) is 5.41 Å². The molecule has 0 fully saturated rings. The van der Waals surface area contributed by atoms with Crippen molar-refractivity contribution in [1.29, 1.82) is 0 Å². The largest absolute Gasteiger partial charge is 0.493 e. The van der Waals surface area contributed by atoms with Crippen LogP contribution in [0.15, 0.2) is 67.3 Å². The van der Waals surface area contributed by atoms with E-state index in [1.165, 1.54) is 11.1 Å². The van der Waals surface area contributed by atoms with E-state index in [1.54, 1.807) is 36.9 Å². The fraction of sp³-hybridized carbons (Fsp3) is 0.400. The van der Waals surface area contributed by atoms with E-state index < -0.39 is 5.41 Å². The van der Waals surface area contributed by atoms with Crippen molar-refractivity contribution < 1.29 is 14.3 Å². The maximum atomic E-state index is 13.2. The van der Waals surface area contributed by atoms with Gasteiger partial charge in [-0.15, -0.1) is 37.2 Å². The van der Waals surface area contributed by atoms with Crippen LogP contribution in [0.5, 0.6) is 5.75 Å². The van der Waals surface area contributed by atoms with Crippen LogP contribution < -0.4 is 14.5 Å². The third kappa shape index (κ3) is 8.79. The summed E-state index contributed by atoms with van der Waals surface area (Å²) in [5.41, 5.74) is 2.73. The molecule has 0 aliphatic carbocycles. The number of aromatic nitrogens is 2. The first-order valence-electron chi connectivity index (χ1n) is 13.2. The molecule has 41 heavy (non-hydrogen) atoms. The highest BCUT2D eigenvalue weighted by molar-refractivity contribution is 6.20. The van der Waals surface area contributed by atoms with E-state index >= 15 is 0 Å². The molecule has 224 valence electrons. The fourth-order valence-electron chi connectivity index (χ4n) is 4.80. The number of carbonyl (C=O) groups is 2. The van der Waals surface area contributed by atoms with Gasteiger partial charge in [0.15, 0.2) is 0 Å². The molecule has 0 radical (unpaired) electrons. The third-order valence-corrected chi connectivity index (χ3v) is 7.02. The molecule has 11 heteroatoms. The zero-order valence-electron chi connectivity index (χ0n) is 24.0. The van der Waals surface area contributed by atoms with Crippen LogP contribution in [-0.4, -0.2) is 60.0 Å². The second kappa shape index (κ2) is 16.5. The number of hydrogen-bond acceptors (Lipinski definition) is 6. The van der Waals surface area contributed by atoms with Gasteiger partial charge >= 0.3 is 0 Å². The molecule has 1 aliphatic heterocycles. The molecule has 8 nitrogen and oxygen atoms in total. The Morgan fingerprint density at radius 2 is 1.61 bits per heavy atom. The molecule has 0 spiro atoms. The van der Waals surface area contributed by atoms with Crippen molar-refractivity contribution >= 4 is 60.4 Å². The minimum atomic E-state index is -1.13. The van der Waals surface area contributed by atoms with E-state index in [2.05, 4.69) is 20.9 Å². The van der Waals surface area contributed by atoms with Gasteiger partial charge in [0.25, 0.3) is 0 Å². The van der Waals surface area contributed by atoms with Gasteiger partial charge in [-0.05, 0) is 75.1 Å². The van der Waals surface area contributed by atoms with Gasteiger partial charge in [-0.2, -0.15) is 0 Å². The molecule has 2 amide bonds. The van der Waals surface area contributed by atoms with E-state index in [0.29, 0.717) is 30.3 Å². The topological polar surface area (TPSA) is 78.9 Å². The number of hydrogen-bond donors (Lipinski definition) is 0. The molecule has 0 saturated carbocycles. The Morgan fingerprint density at radius 1 is 0.878 bits per heavy atom. The van der Waals surface area contributed by atoms with Crippen molar-refractivity contribution in [3.63, 3.8) is 0 Å². The highest BCUT2D eigenvalue weighted by Crippen LogP contribution is 2.40. The number of benzene rings is 1. The number of fused-ring (bicyclic) bond motifs is 1. The normalized spacial score (nSPS) is 13.9. The first-order valence-corrected chi connectivity index (χ1v) is 13.2. The van der Waals surface area contributed by atoms with Crippen molar-refractivity contribution in [2.45, 2.75) is 40.2 Å². The Kier molecular flexibility index (Phi) is 14.5. The SMILES string of the molecule is CCN1C(=O)C(C)(C)C(=O)N(C)c2ccc(OCCCN(CCc3cccnc3)Cc3ccncc3)cc21.Cl.Cl.Cl. The third-order valence-electron chi connectivity index (χ3n) is 7.02. The lowest BCUT2D eigenvalue weighted by atomic mass is 9.90. The summed E-state index contributed by atoms with van der Waals surface area (Å²) in [7, 11) is 1.72. The van der Waals surface area contributed by atoms with E-state index in [0.717, 1.165) is 32.5 Å². The van der Waals surface area contributed by atoms with Crippen molar-refractivity contribution in [2.75, 3.05) is 43.1 Å². The standard InChI is InChI=1S/C30H37N5O3.3ClH/c1-5-35-27-20-25(9-10-26(27)33(4)28(36)30(2,3)29(35)37)38-19-7-17-34(22-24-11-15-31-16-12-24)18-13-23-8-6-14-32-21-23;;;/h6,8-12,14-16,20-21H,5,7,13,17-19,22H2,1-4H3;3*1H. The molecule has 3 heterocycles. The van der Waals surface area contributed by atoms with Gasteiger partial charge in [0.05, 0.1) is 18.0 Å². The summed E-state index contributed by atoms with van der Waals surface area (Å²) >= 11 is 0. The lowest BCUT2D eigenvalue weighted by Crippen LogP contribution is -2.47. The van der Waals surface area contributed by atoms with Gasteiger partial charge in [-0.1, -0.05) is 6.07 Å². The Morgan fingerprint density at radius 3 is 2.27 bits per heavy atom. The smallest absolute Gasteiger partial charge is 0.242 e. The maximum absolute atomic E-state index is 13.2. The number of rotatable bonds is 11. The molecule has 4 rings (SSSR count). The Labute approximate surface area is 261 Å². The first kappa shape index (κ1) is 36.1. The first-order chi connectivity index (χ1) is 18.3. The molecule has 2 aromatic heterocycles. The van der Waals surface area contributed by atoms with E-state index in [1.807, 2.05) is 61.9 Å². The highest BCUT2D eigenvalue weighted by Gasteiger charge is 2.45. The van der Waals surface area contributed by atoms with Crippen molar-refractivity contribution in [1.82, 2.24) is 14.9 Å². The summed E-state index contributed by atoms with van der Waals surface area (Å²) in [6, 6.07) is 13.8. The van der Waals surface area contributed by atoms with Crippen LogP contribution in [0.2, 0.25) is 0 Å². The van der Waals surface area contributed by atoms with Gasteiger partial charge in [0.2, 0.25) is 11.8 Å². The molecule has 0 unspecified atom stereocenters. The summed E-state index contributed by atoms with van der Waals surface area (Å²) in [5.74, 6) is 0.272. The minimum Gasteiger partial charge on any atom is -0.493 e. The second-order valence-corrected chi connectivity index (χ2v) is 10.1. The van der Waals surface area contributed by atoms with Crippen LogP contribution in [0, 0.1) is 5.41 Å².